The lowest BCUT2D eigenvalue weighted by Gasteiger charge is -2.19. The Balaban J connectivity index is 2.00. The molecule has 0 unspecified atom stereocenters. The Labute approximate surface area is 150 Å². The maximum absolute atomic E-state index is 12.2. The van der Waals surface area contributed by atoms with E-state index in [1.54, 1.807) is 24.4 Å². The number of benzene rings is 1. The summed E-state index contributed by atoms with van der Waals surface area (Å²) in [4.78, 5) is 18.8. The van der Waals surface area contributed by atoms with Crippen molar-refractivity contribution in [3.05, 3.63) is 57.2 Å². The van der Waals surface area contributed by atoms with Crippen LogP contribution in [-0.4, -0.2) is 24.0 Å². The molecule has 1 aromatic carbocycles. The molecule has 0 saturated heterocycles. The molecular weight excluding hydrogens is 378 g/mol. The van der Waals surface area contributed by atoms with Gasteiger partial charge in [0, 0.05) is 35.3 Å². The molecule has 2 aromatic rings. The molecule has 1 amide bonds. The third-order valence-electron chi connectivity index (χ3n) is 3.52. The molecule has 0 aliphatic heterocycles. The van der Waals surface area contributed by atoms with E-state index in [0.29, 0.717) is 17.1 Å². The number of hydrogen-bond acceptors (Lipinski definition) is 3. The molecule has 0 spiro atoms. The Morgan fingerprint density at radius 1 is 1.26 bits per heavy atom. The summed E-state index contributed by atoms with van der Waals surface area (Å²) >= 11 is 9.30. The molecule has 0 saturated carbocycles. The molecule has 4 nitrogen and oxygen atoms in total. The normalized spacial score (nSPS) is 10.4. The van der Waals surface area contributed by atoms with Crippen molar-refractivity contribution < 1.29 is 4.79 Å². The van der Waals surface area contributed by atoms with Gasteiger partial charge in [-0.3, -0.25) is 4.79 Å². The lowest BCUT2D eigenvalue weighted by Crippen LogP contribution is -2.24. The second-order valence-electron chi connectivity index (χ2n) is 5.00. The molecule has 0 atom stereocenters. The summed E-state index contributed by atoms with van der Waals surface area (Å²) in [6.45, 7) is 6.46. The zero-order chi connectivity index (χ0) is 16.8. The number of amides is 1. The average Bonchev–Trinajstić information content (AvgIpc) is 2.57. The molecule has 23 heavy (non-hydrogen) atoms. The van der Waals surface area contributed by atoms with E-state index in [1.807, 2.05) is 12.1 Å². The summed E-state index contributed by atoms with van der Waals surface area (Å²) in [5.41, 5.74) is 1.47. The van der Waals surface area contributed by atoms with Crippen molar-refractivity contribution in [3.63, 3.8) is 0 Å². The van der Waals surface area contributed by atoms with Gasteiger partial charge in [-0.2, -0.15) is 0 Å². The van der Waals surface area contributed by atoms with Gasteiger partial charge in [-0.15, -0.1) is 0 Å². The fraction of sp³-hybridized carbons (Fsp3) is 0.294. The van der Waals surface area contributed by atoms with Crippen molar-refractivity contribution in [2.24, 2.45) is 0 Å². The quantitative estimate of drug-likeness (QED) is 0.793. The molecule has 2 rings (SSSR count). The van der Waals surface area contributed by atoms with Crippen molar-refractivity contribution in [1.82, 2.24) is 10.3 Å². The summed E-state index contributed by atoms with van der Waals surface area (Å²) in [7, 11) is 0. The fourth-order valence-electron chi connectivity index (χ4n) is 2.20. The molecule has 0 aliphatic rings. The number of nitrogens with one attached hydrogen (secondary N) is 1. The minimum Gasteiger partial charge on any atom is -0.357 e. The van der Waals surface area contributed by atoms with E-state index in [-0.39, 0.29) is 5.91 Å². The van der Waals surface area contributed by atoms with Gasteiger partial charge in [0.05, 0.1) is 5.56 Å². The smallest absolute Gasteiger partial charge is 0.252 e. The Morgan fingerprint density at radius 3 is 2.61 bits per heavy atom. The highest BCUT2D eigenvalue weighted by atomic mass is 79.9. The maximum atomic E-state index is 12.2. The SMILES string of the molecule is CCN(CC)c1ccc(CNC(=O)c2cc(Cl)ccc2Br)cn1. The molecule has 1 aromatic heterocycles. The van der Waals surface area contributed by atoms with Gasteiger partial charge in [0.2, 0.25) is 0 Å². The molecule has 6 heteroatoms. The monoisotopic (exact) mass is 395 g/mol. The number of anilines is 1. The number of hydrogen-bond donors (Lipinski definition) is 1. The predicted molar refractivity (Wildman–Crippen MR) is 98.1 cm³/mol. The van der Waals surface area contributed by atoms with E-state index in [0.717, 1.165) is 28.9 Å². The van der Waals surface area contributed by atoms with Crippen molar-refractivity contribution in [3.8, 4) is 0 Å². The lowest BCUT2D eigenvalue weighted by molar-refractivity contribution is 0.0950. The van der Waals surface area contributed by atoms with E-state index in [9.17, 15) is 4.79 Å². The Hall–Kier alpha value is -1.59. The van der Waals surface area contributed by atoms with Gasteiger partial charge >= 0.3 is 0 Å². The van der Waals surface area contributed by atoms with Crippen LogP contribution in [0.1, 0.15) is 29.8 Å². The first-order valence-electron chi connectivity index (χ1n) is 7.48. The summed E-state index contributed by atoms with van der Waals surface area (Å²) in [6, 6.07) is 9.09. The van der Waals surface area contributed by atoms with Gasteiger partial charge in [-0.1, -0.05) is 17.7 Å². The number of halogens is 2. The zero-order valence-electron chi connectivity index (χ0n) is 13.1. The number of nitrogens with zero attached hydrogens (tertiary/aromatic N) is 2. The van der Waals surface area contributed by atoms with Crippen LogP contribution in [0.3, 0.4) is 0 Å². The number of rotatable bonds is 6. The van der Waals surface area contributed by atoms with Gasteiger partial charge in [0.15, 0.2) is 0 Å². The van der Waals surface area contributed by atoms with E-state index < -0.39 is 0 Å². The molecule has 122 valence electrons. The van der Waals surface area contributed by atoms with E-state index >= 15 is 0 Å². The number of carbonyl (C=O) groups excluding carboxylic acids is 1. The van der Waals surface area contributed by atoms with E-state index in [4.69, 9.17) is 11.6 Å². The number of pyridine rings is 1. The lowest BCUT2D eigenvalue weighted by atomic mass is 10.2. The topological polar surface area (TPSA) is 45.2 Å². The van der Waals surface area contributed by atoms with Crippen molar-refractivity contribution in [2.75, 3.05) is 18.0 Å². The Morgan fingerprint density at radius 2 is 2.00 bits per heavy atom. The first kappa shape index (κ1) is 17.8. The van der Waals surface area contributed by atoms with Gasteiger partial charge in [-0.25, -0.2) is 4.98 Å². The minimum atomic E-state index is -0.174. The number of carbonyl (C=O) groups is 1. The van der Waals surface area contributed by atoms with Crippen LogP contribution in [0, 0.1) is 0 Å². The second-order valence-corrected chi connectivity index (χ2v) is 6.29. The summed E-state index contributed by atoms with van der Waals surface area (Å²) < 4.78 is 0.717. The maximum Gasteiger partial charge on any atom is 0.252 e. The first-order valence-corrected chi connectivity index (χ1v) is 8.65. The molecule has 0 bridgehead atoms. The first-order chi connectivity index (χ1) is 11.0. The molecule has 1 N–H and O–H groups in total. The highest BCUT2D eigenvalue weighted by Gasteiger charge is 2.10. The van der Waals surface area contributed by atoms with Crippen molar-refractivity contribution in [1.29, 1.82) is 0 Å². The van der Waals surface area contributed by atoms with E-state index in [1.165, 1.54) is 0 Å². The van der Waals surface area contributed by atoms with Gasteiger partial charge in [-0.05, 0) is 59.6 Å². The summed E-state index contributed by atoms with van der Waals surface area (Å²) in [6.07, 6.45) is 1.79. The molecule has 0 fully saturated rings. The van der Waals surface area contributed by atoms with Crippen molar-refractivity contribution >= 4 is 39.3 Å². The zero-order valence-corrected chi connectivity index (χ0v) is 15.5. The molecular formula is C17H19BrClN3O. The van der Waals surface area contributed by atoms with Gasteiger partial charge < -0.3 is 10.2 Å². The van der Waals surface area contributed by atoms with Crippen LogP contribution < -0.4 is 10.2 Å². The number of aromatic nitrogens is 1. The highest BCUT2D eigenvalue weighted by molar-refractivity contribution is 9.10. The summed E-state index contributed by atoms with van der Waals surface area (Å²) in [5.74, 6) is 0.773. The molecule has 0 radical (unpaired) electrons. The minimum absolute atomic E-state index is 0.174. The average molecular weight is 397 g/mol. The Kier molecular flexibility index (Phi) is 6.42. The standard InChI is InChI=1S/C17H19BrClN3O/c1-3-22(4-2)16-8-5-12(10-20-16)11-21-17(23)14-9-13(19)6-7-15(14)18/h5-10H,3-4,11H2,1-2H3,(H,21,23). The van der Waals surface area contributed by atoms with Crippen LogP contribution in [0.4, 0.5) is 5.82 Å². The van der Waals surface area contributed by atoms with Crippen LogP contribution in [0.5, 0.6) is 0 Å². The highest BCUT2D eigenvalue weighted by Crippen LogP contribution is 2.21. The van der Waals surface area contributed by atoms with Crippen LogP contribution in [-0.2, 0) is 6.54 Å². The molecule has 0 aliphatic carbocycles. The fourth-order valence-corrected chi connectivity index (χ4v) is 2.80. The predicted octanol–water partition coefficient (Wildman–Crippen LogP) is 4.27. The van der Waals surface area contributed by atoms with Gasteiger partial charge in [0.1, 0.15) is 5.82 Å². The third-order valence-corrected chi connectivity index (χ3v) is 4.45. The van der Waals surface area contributed by atoms with Crippen LogP contribution in [0.25, 0.3) is 0 Å². The summed E-state index contributed by atoms with van der Waals surface area (Å²) in [5, 5.41) is 3.41. The van der Waals surface area contributed by atoms with Crippen LogP contribution in [0.2, 0.25) is 5.02 Å². The van der Waals surface area contributed by atoms with Crippen LogP contribution in [0.15, 0.2) is 41.0 Å². The third kappa shape index (κ3) is 4.69. The second kappa shape index (κ2) is 8.31. The van der Waals surface area contributed by atoms with Gasteiger partial charge in [0.25, 0.3) is 5.91 Å². The molecule has 1 heterocycles. The van der Waals surface area contributed by atoms with E-state index in [2.05, 4.69) is 45.0 Å². The van der Waals surface area contributed by atoms with Crippen LogP contribution >= 0.6 is 27.5 Å². The Bertz CT molecular complexity index is 672. The largest absolute Gasteiger partial charge is 0.357 e. The van der Waals surface area contributed by atoms with Crippen molar-refractivity contribution in [2.45, 2.75) is 20.4 Å².